The monoisotopic (exact) mass is 160 g/mol. The van der Waals surface area contributed by atoms with Crippen LogP contribution in [-0.4, -0.2) is 36.4 Å². The van der Waals surface area contributed by atoms with Gasteiger partial charge >= 0.3 is 11.9 Å². The molecular formula is C6H8O5. The molecule has 5 nitrogen and oxygen atoms in total. The predicted octanol–water partition coefficient (Wildman–Crippen LogP) is -0.599. The standard InChI is InChI=1S/C6H8O5/c1-10-6(9)4-2-3(11-4)5(7)8/h3-4H,2H2,1H3,(H,7,8). The van der Waals surface area contributed by atoms with E-state index in [1.165, 1.54) is 7.11 Å². The summed E-state index contributed by atoms with van der Waals surface area (Å²) in [6.45, 7) is 0. The van der Waals surface area contributed by atoms with Crippen LogP contribution in [0.1, 0.15) is 6.42 Å². The number of carboxylic acids is 1. The molecule has 0 bridgehead atoms. The molecule has 1 N–H and O–H groups in total. The first-order valence-electron chi connectivity index (χ1n) is 3.11. The molecule has 0 aromatic carbocycles. The van der Waals surface area contributed by atoms with Crippen molar-refractivity contribution in [2.75, 3.05) is 7.11 Å². The van der Waals surface area contributed by atoms with Gasteiger partial charge in [-0.25, -0.2) is 9.59 Å². The fraction of sp³-hybridized carbons (Fsp3) is 0.667. The Morgan fingerprint density at radius 3 is 2.45 bits per heavy atom. The molecule has 0 aromatic rings. The van der Waals surface area contributed by atoms with Crippen LogP contribution >= 0.6 is 0 Å². The minimum absolute atomic E-state index is 0.210. The Kier molecular flexibility index (Phi) is 2.09. The van der Waals surface area contributed by atoms with E-state index in [1.54, 1.807) is 0 Å². The molecular weight excluding hydrogens is 152 g/mol. The highest BCUT2D eigenvalue weighted by Gasteiger charge is 2.40. The Bertz CT molecular complexity index is 181. The number of ether oxygens (including phenoxy) is 2. The summed E-state index contributed by atoms with van der Waals surface area (Å²) in [5.41, 5.74) is 0. The normalized spacial score (nSPS) is 28.8. The van der Waals surface area contributed by atoms with Gasteiger partial charge in [-0.2, -0.15) is 0 Å². The summed E-state index contributed by atoms with van der Waals surface area (Å²) in [6.07, 6.45) is -1.30. The highest BCUT2D eigenvalue weighted by molar-refractivity contribution is 5.80. The summed E-state index contributed by atoms with van der Waals surface area (Å²) in [5, 5.41) is 8.33. The van der Waals surface area contributed by atoms with Crippen molar-refractivity contribution in [2.24, 2.45) is 0 Å². The zero-order chi connectivity index (χ0) is 8.43. The van der Waals surface area contributed by atoms with Gasteiger partial charge in [-0.1, -0.05) is 0 Å². The number of carbonyl (C=O) groups is 2. The van der Waals surface area contributed by atoms with Crippen LogP contribution in [-0.2, 0) is 19.1 Å². The van der Waals surface area contributed by atoms with Crippen LogP contribution in [0.4, 0.5) is 0 Å². The maximum atomic E-state index is 10.6. The fourth-order valence-electron chi connectivity index (χ4n) is 0.824. The summed E-state index contributed by atoms with van der Waals surface area (Å²) < 4.78 is 9.00. The number of hydrogen-bond donors (Lipinski definition) is 1. The first kappa shape index (κ1) is 8.00. The summed E-state index contributed by atoms with van der Waals surface area (Å²) in [6, 6.07) is 0. The second-order valence-electron chi connectivity index (χ2n) is 2.21. The average Bonchev–Trinajstić information content (AvgIpc) is 1.83. The molecule has 1 aliphatic rings. The van der Waals surface area contributed by atoms with E-state index in [0.717, 1.165) is 0 Å². The lowest BCUT2D eigenvalue weighted by atomic mass is 10.1. The van der Waals surface area contributed by atoms with Crippen LogP contribution in [0, 0.1) is 0 Å². The number of rotatable bonds is 2. The molecule has 1 saturated heterocycles. The van der Waals surface area contributed by atoms with Gasteiger partial charge in [0.05, 0.1) is 7.11 Å². The molecule has 62 valence electrons. The minimum Gasteiger partial charge on any atom is -0.479 e. The topological polar surface area (TPSA) is 72.8 Å². The molecule has 5 heteroatoms. The second kappa shape index (κ2) is 2.87. The molecule has 0 saturated carbocycles. The number of hydrogen-bond acceptors (Lipinski definition) is 4. The van der Waals surface area contributed by atoms with Gasteiger partial charge in [0.25, 0.3) is 0 Å². The van der Waals surface area contributed by atoms with Gasteiger partial charge in [0, 0.05) is 6.42 Å². The van der Waals surface area contributed by atoms with Crippen molar-refractivity contribution in [3.8, 4) is 0 Å². The van der Waals surface area contributed by atoms with Crippen molar-refractivity contribution < 1.29 is 24.2 Å². The van der Waals surface area contributed by atoms with Gasteiger partial charge in [-0.05, 0) is 0 Å². The summed E-state index contributed by atoms with van der Waals surface area (Å²) >= 11 is 0. The van der Waals surface area contributed by atoms with E-state index >= 15 is 0 Å². The molecule has 1 heterocycles. The number of aliphatic carboxylic acids is 1. The number of esters is 1. The molecule has 11 heavy (non-hydrogen) atoms. The van der Waals surface area contributed by atoms with Crippen LogP contribution < -0.4 is 0 Å². The van der Waals surface area contributed by atoms with Crippen molar-refractivity contribution in [3.05, 3.63) is 0 Å². The lowest BCUT2D eigenvalue weighted by Crippen LogP contribution is -2.47. The maximum absolute atomic E-state index is 10.6. The summed E-state index contributed by atoms with van der Waals surface area (Å²) in [4.78, 5) is 20.8. The molecule has 2 unspecified atom stereocenters. The molecule has 0 radical (unpaired) electrons. The Hall–Kier alpha value is -1.10. The van der Waals surface area contributed by atoms with Crippen molar-refractivity contribution in [1.82, 2.24) is 0 Å². The van der Waals surface area contributed by atoms with Gasteiger partial charge < -0.3 is 14.6 Å². The van der Waals surface area contributed by atoms with Gasteiger partial charge in [-0.15, -0.1) is 0 Å². The predicted molar refractivity (Wildman–Crippen MR) is 32.9 cm³/mol. The maximum Gasteiger partial charge on any atom is 0.335 e. The second-order valence-corrected chi connectivity index (χ2v) is 2.21. The highest BCUT2D eigenvalue weighted by atomic mass is 16.6. The number of carbonyl (C=O) groups excluding carboxylic acids is 1. The third-order valence-electron chi connectivity index (χ3n) is 1.50. The van der Waals surface area contributed by atoms with Crippen LogP contribution in [0.25, 0.3) is 0 Å². The Morgan fingerprint density at radius 2 is 2.09 bits per heavy atom. The molecule has 1 aliphatic heterocycles. The van der Waals surface area contributed by atoms with E-state index in [4.69, 9.17) is 5.11 Å². The first-order valence-corrected chi connectivity index (χ1v) is 3.11. The van der Waals surface area contributed by atoms with E-state index in [-0.39, 0.29) is 6.42 Å². The smallest absolute Gasteiger partial charge is 0.335 e. The van der Waals surface area contributed by atoms with Gasteiger partial charge in [0.1, 0.15) is 0 Å². The zero-order valence-corrected chi connectivity index (χ0v) is 5.94. The Morgan fingerprint density at radius 1 is 1.55 bits per heavy atom. The lowest BCUT2D eigenvalue weighted by molar-refractivity contribution is -0.194. The van der Waals surface area contributed by atoms with Crippen molar-refractivity contribution in [2.45, 2.75) is 18.6 Å². The SMILES string of the molecule is COC(=O)C1CC(C(=O)O)O1. The van der Waals surface area contributed by atoms with E-state index in [1.807, 2.05) is 0 Å². The van der Waals surface area contributed by atoms with E-state index < -0.39 is 24.1 Å². The zero-order valence-electron chi connectivity index (χ0n) is 5.94. The molecule has 1 fully saturated rings. The van der Waals surface area contributed by atoms with Crippen LogP contribution in [0.5, 0.6) is 0 Å². The van der Waals surface area contributed by atoms with Gasteiger partial charge in [0.15, 0.2) is 12.2 Å². The molecule has 0 amide bonds. The van der Waals surface area contributed by atoms with E-state index in [2.05, 4.69) is 9.47 Å². The molecule has 0 spiro atoms. The lowest BCUT2D eigenvalue weighted by Gasteiger charge is -2.30. The third-order valence-corrected chi connectivity index (χ3v) is 1.50. The van der Waals surface area contributed by atoms with Crippen molar-refractivity contribution in [3.63, 3.8) is 0 Å². The summed E-state index contributed by atoms with van der Waals surface area (Å²) in [5.74, 6) is -1.55. The fourth-order valence-corrected chi connectivity index (χ4v) is 0.824. The first-order chi connectivity index (χ1) is 5.15. The molecule has 0 aliphatic carbocycles. The average molecular weight is 160 g/mol. The Labute approximate surface area is 62.9 Å². The van der Waals surface area contributed by atoms with Crippen LogP contribution in [0.15, 0.2) is 0 Å². The van der Waals surface area contributed by atoms with E-state index in [9.17, 15) is 9.59 Å². The van der Waals surface area contributed by atoms with E-state index in [0.29, 0.717) is 0 Å². The highest BCUT2D eigenvalue weighted by Crippen LogP contribution is 2.21. The van der Waals surface area contributed by atoms with Crippen molar-refractivity contribution >= 4 is 11.9 Å². The quantitative estimate of drug-likeness (QED) is 0.546. The third kappa shape index (κ3) is 1.48. The minimum atomic E-state index is -1.04. The molecule has 0 aromatic heterocycles. The number of methoxy groups -OCH3 is 1. The van der Waals surface area contributed by atoms with Crippen LogP contribution in [0.2, 0.25) is 0 Å². The molecule has 1 rings (SSSR count). The number of carboxylic acid groups (broad SMARTS) is 1. The largest absolute Gasteiger partial charge is 0.479 e. The van der Waals surface area contributed by atoms with Gasteiger partial charge in [-0.3, -0.25) is 0 Å². The van der Waals surface area contributed by atoms with Crippen molar-refractivity contribution in [1.29, 1.82) is 0 Å². The van der Waals surface area contributed by atoms with Crippen LogP contribution in [0.3, 0.4) is 0 Å². The summed E-state index contributed by atoms with van der Waals surface area (Å²) in [7, 11) is 1.24. The van der Waals surface area contributed by atoms with Gasteiger partial charge in [0.2, 0.25) is 0 Å². The molecule has 2 atom stereocenters. The Balaban J connectivity index is 2.29.